The van der Waals surface area contributed by atoms with Gasteiger partial charge in [-0.15, -0.1) is 0 Å². The number of hydrogen-bond donors (Lipinski definition) is 2. The van der Waals surface area contributed by atoms with Crippen LogP contribution in [-0.2, 0) is 19.0 Å². The van der Waals surface area contributed by atoms with E-state index in [1.54, 1.807) is 7.11 Å². The number of nitrogens with one attached hydrogen (secondary N) is 2. The molecule has 2 N–H and O–H groups in total. The molecule has 2 heterocycles. The number of carbonyl (C=O) groups is 1. The van der Waals surface area contributed by atoms with E-state index in [4.69, 9.17) is 14.2 Å². The van der Waals surface area contributed by atoms with Crippen LogP contribution in [0.5, 0.6) is 0 Å². The van der Waals surface area contributed by atoms with Crippen LogP contribution in [0.4, 0.5) is 0 Å². The predicted octanol–water partition coefficient (Wildman–Crippen LogP) is -0.369. The molecule has 104 valence electrons. The normalized spacial score (nSPS) is 34.7. The zero-order valence-electron chi connectivity index (χ0n) is 11.2. The van der Waals surface area contributed by atoms with E-state index in [2.05, 4.69) is 10.6 Å². The van der Waals surface area contributed by atoms with Gasteiger partial charge in [0.05, 0.1) is 18.8 Å². The molecule has 0 aromatic carbocycles. The summed E-state index contributed by atoms with van der Waals surface area (Å²) in [6.45, 7) is 5.47. The molecule has 18 heavy (non-hydrogen) atoms. The van der Waals surface area contributed by atoms with Crippen molar-refractivity contribution in [3.8, 4) is 0 Å². The molecule has 2 aliphatic heterocycles. The highest BCUT2D eigenvalue weighted by atomic mass is 16.7. The highest BCUT2D eigenvalue weighted by Crippen LogP contribution is 2.21. The third-order valence-corrected chi connectivity index (χ3v) is 3.31. The molecule has 2 rings (SSSR count). The average molecular weight is 258 g/mol. The summed E-state index contributed by atoms with van der Waals surface area (Å²) in [6, 6.07) is -0.162. The van der Waals surface area contributed by atoms with Crippen LogP contribution in [0.1, 0.15) is 20.3 Å². The summed E-state index contributed by atoms with van der Waals surface area (Å²) < 4.78 is 16.3. The molecule has 1 amide bonds. The lowest BCUT2D eigenvalue weighted by Crippen LogP contribution is -2.43. The van der Waals surface area contributed by atoms with Crippen LogP contribution in [0.2, 0.25) is 0 Å². The lowest BCUT2D eigenvalue weighted by Gasteiger charge is -2.18. The molecule has 3 atom stereocenters. The highest BCUT2D eigenvalue weighted by Gasteiger charge is 2.34. The zero-order valence-corrected chi connectivity index (χ0v) is 11.2. The third-order valence-electron chi connectivity index (χ3n) is 3.31. The minimum atomic E-state index is -0.540. The Labute approximate surface area is 107 Å². The first-order chi connectivity index (χ1) is 8.50. The van der Waals surface area contributed by atoms with Crippen molar-refractivity contribution in [1.29, 1.82) is 0 Å². The van der Waals surface area contributed by atoms with Gasteiger partial charge in [-0.1, -0.05) is 0 Å². The summed E-state index contributed by atoms with van der Waals surface area (Å²) in [5, 5.41) is 6.03. The summed E-state index contributed by atoms with van der Waals surface area (Å²) in [6.07, 6.45) is 0.782. The second kappa shape index (κ2) is 5.52. The van der Waals surface area contributed by atoms with Crippen molar-refractivity contribution in [3.63, 3.8) is 0 Å². The first-order valence-electron chi connectivity index (χ1n) is 6.36. The smallest absolute Gasteiger partial charge is 0.237 e. The van der Waals surface area contributed by atoms with Crippen LogP contribution >= 0.6 is 0 Å². The van der Waals surface area contributed by atoms with Gasteiger partial charge in [0.2, 0.25) is 5.91 Å². The van der Waals surface area contributed by atoms with Gasteiger partial charge < -0.3 is 24.8 Å². The quantitative estimate of drug-likeness (QED) is 0.720. The van der Waals surface area contributed by atoms with Crippen LogP contribution in [-0.4, -0.2) is 56.8 Å². The molecule has 0 saturated carbocycles. The fraction of sp³-hybridized carbons (Fsp3) is 0.917. The molecule has 0 aliphatic carbocycles. The van der Waals surface area contributed by atoms with Crippen LogP contribution < -0.4 is 10.6 Å². The van der Waals surface area contributed by atoms with Gasteiger partial charge in [-0.3, -0.25) is 4.79 Å². The highest BCUT2D eigenvalue weighted by molar-refractivity contribution is 5.82. The molecule has 2 saturated heterocycles. The maximum absolute atomic E-state index is 11.9. The Balaban J connectivity index is 1.70. The molecule has 6 heteroatoms. The number of carbonyl (C=O) groups excluding carboxylic acids is 1. The maximum Gasteiger partial charge on any atom is 0.237 e. The second-order valence-electron chi connectivity index (χ2n) is 5.25. The minimum Gasteiger partial charge on any atom is -0.380 e. The fourth-order valence-corrected chi connectivity index (χ4v) is 2.28. The molecule has 0 bridgehead atoms. The van der Waals surface area contributed by atoms with E-state index in [0.717, 1.165) is 13.0 Å². The van der Waals surface area contributed by atoms with E-state index in [-0.39, 0.29) is 24.2 Å². The maximum atomic E-state index is 11.9. The molecule has 2 aliphatic rings. The summed E-state index contributed by atoms with van der Waals surface area (Å²) in [4.78, 5) is 11.9. The van der Waals surface area contributed by atoms with E-state index in [1.807, 2.05) is 13.8 Å². The van der Waals surface area contributed by atoms with Crippen LogP contribution in [0.3, 0.4) is 0 Å². The Morgan fingerprint density at radius 2 is 2.33 bits per heavy atom. The number of rotatable bonds is 4. The summed E-state index contributed by atoms with van der Waals surface area (Å²) in [7, 11) is 1.67. The summed E-state index contributed by atoms with van der Waals surface area (Å²) >= 11 is 0. The molecule has 3 unspecified atom stereocenters. The zero-order chi connectivity index (χ0) is 13.2. The van der Waals surface area contributed by atoms with Crippen molar-refractivity contribution in [2.75, 3.05) is 26.8 Å². The van der Waals surface area contributed by atoms with Gasteiger partial charge in [0, 0.05) is 20.2 Å². The van der Waals surface area contributed by atoms with E-state index in [0.29, 0.717) is 13.2 Å². The molecule has 0 spiro atoms. The second-order valence-corrected chi connectivity index (χ2v) is 5.25. The van der Waals surface area contributed by atoms with Crippen molar-refractivity contribution in [3.05, 3.63) is 0 Å². The van der Waals surface area contributed by atoms with Gasteiger partial charge in [0.25, 0.3) is 0 Å². The lowest BCUT2D eigenvalue weighted by molar-refractivity contribution is -0.139. The Kier molecular flexibility index (Phi) is 4.21. The Morgan fingerprint density at radius 3 is 2.89 bits per heavy atom. The molecular weight excluding hydrogens is 236 g/mol. The largest absolute Gasteiger partial charge is 0.380 e. The van der Waals surface area contributed by atoms with E-state index in [1.165, 1.54) is 0 Å². The lowest BCUT2D eigenvalue weighted by atomic mass is 10.2. The van der Waals surface area contributed by atoms with Crippen LogP contribution in [0.15, 0.2) is 0 Å². The standard InChI is InChI=1S/C12H22N2O4/c1-12(2)17-7-9(18-12)6-14-11(15)10-4-8(16-3)5-13-10/h8-10,13H,4-7H2,1-3H3,(H,14,15). The average Bonchev–Trinajstić information content (AvgIpc) is 2.92. The summed E-state index contributed by atoms with van der Waals surface area (Å²) in [5.41, 5.74) is 0. The molecule has 6 nitrogen and oxygen atoms in total. The van der Waals surface area contributed by atoms with E-state index < -0.39 is 5.79 Å². The van der Waals surface area contributed by atoms with E-state index >= 15 is 0 Å². The topological polar surface area (TPSA) is 68.8 Å². The Morgan fingerprint density at radius 1 is 1.56 bits per heavy atom. The van der Waals surface area contributed by atoms with Gasteiger partial charge in [-0.25, -0.2) is 0 Å². The fourth-order valence-electron chi connectivity index (χ4n) is 2.28. The summed E-state index contributed by atoms with van der Waals surface area (Å²) in [5.74, 6) is -0.537. The van der Waals surface area contributed by atoms with Crippen molar-refractivity contribution in [1.82, 2.24) is 10.6 Å². The van der Waals surface area contributed by atoms with E-state index in [9.17, 15) is 4.79 Å². The molecule has 0 radical (unpaired) electrons. The van der Waals surface area contributed by atoms with Gasteiger partial charge in [0.1, 0.15) is 6.10 Å². The third kappa shape index (κ3) is 3.41. The number of ether oxygens (including phenoxy) is 3. The number of amides is 1. The van der Waals surface area contributed by atoms with Gasteiger partial charge >= 0.3 is 0 Å². The van der Waals surface area contributed by atoms with Crippen molar-refractivity contribution in [2.45, 2.75) is 44.3 Å². The first-order valence-corrected chi connectivity index (χ1v) is 6.36. The van der Waals surface area contributed by atoms with Crippen LogP contribution in [0.25, 0.3) is 0 Å². The number of methoxy groups -OCH3 is 1. The molecule has 0 aromatic rings. The molecule has 0 aromatic heterocycles. The Bertz CT molecular complexity index is 308. The molecular formula is C12H22N2O4. The Hall–Kier alpha value is -0.690. The minimum absolute atomic E-state index is 0.00264. The van der Waals surface area contributed by atoms with Crippen molar-refractivity contribution < 1.29 is 19.0 Å². The van der Waals surface area contributed by atoms with Gasteiger partial charge in [-0.05, 0) is 20.3 Å². The monoisotopic (exact) mass is 258 g/mol. The first kappa shape index (κ1) is 13.7. The van der Waals surface area contributed by atoms with Crippen LogP contribution in [0, 0.1) is 0 Å². The van der Waals surface area contributed by atoms with Gasteiger partial charge in [0.15, 0.2) is 5.79 Å². The van der Waals surface area contributed by atoms with Crippen molar-refractivity contribution in [2.24, 2.45) is 0 Å². The predicted molar refractivity (Wildman–Crippen MR) is 65.1 cm³/mol. The SMILES string of the molecule is COC1CNC(C(=O)NCC2COC(C)(C)O2)C1. The number of hydrogen-bond acceptors (Lipinski definition) is 5. The molecule has 2 fully saturated rings. The van der Waals surface area contributed by atoms with Crippen molar-refractivity contribution >= 4 is 5.91 Å². The van der Waals surface area contributed by atoms with Gasteiger partial charge in [-0.2, -0.15) is 0 Å².